The van der Waals surface area contributed by atoms with Crippen molar-refractivity contribution in [3.05, 3.63) is 11.8 Å². The first-order chi connectivity index (χ1) is 11.8. The van der Waals surface area contributed by atoms with Gasteiger partial charge in [0.05, 0.1) is 17.7 Å². The van der Waals surface area contributed by atoms with Crippen molar-refractivity contribution in [3.8, 4) is 0 Å². The molecule has 0 aliphatic rings. The fourth-order valence-electron chi connectivity index (χ4n) is 2.45. The lowest BCUT2D eigenvalue weighted by Crippen LogP contribution is -2.47. The summed E-state index contributed by atoms with van der Waals surface area (Å²) in [6, 6.07) is 1.87. The number of halogens is 1. The molecule has 1 aromatic heterocycles. The Kier molecular flexibility index (Phi) is 7.28. The third kappa shape index (κ3) is 6.01. The molecule has 2 amide bonds. The van der Waals surface area contributed by atoms with Crippen LogP contribution in [0.15, 0.2) is 6.07 Å². The van der Waals surface area contributed by atoms with Crippen molar-refractivity contribution in [2.45, 2.75) is 53.9 Å². The molecule has 0 aliphatic carbocycles. The summed E-state index contributed by atoms with van der Waals surface area (Å²) in [6.07, 6.45) is 0. The van der Waals surface area contributed by atoms with Crippen LogP contribution >= 0.6 is 11.6 Å². The Balaban J connectivity index is 2.91. The number of hydrogen-bond acceptors (Lipinski definition) is 3. The quantitative estimate of drug-likeness (QED) is 0.732. The van der Waals surface area contributed by atoms with Crippen LogP contribution in [0.2, 0.25) is 0 Å². The van der Waals surface area contributed by atoms with E-state index in [1.807, 2.05) is 19.9 Å². The summed E-state index contributed by atoms with van der Waals surface area (Å²) in [4.78, 5) is 26.9. The molecule has 0 radical (unpaired) electrons. The number of aryl methyl sites for hydroxylation is 1. The van der Waals surface area contributed by atoms with E-state index in [0.29, 0.717) is 12.4 Å². The van der Waals surface area contributed by atoms with Crippen LogP contribution in [0.1, 0.15) is 54.2 Å². The monoisotopic (exact) mass is 384 g/mol. The van der Waals surface area contributed by atoms with E-state index in [2.05, 4.69) is 31.2 Å². The van der Waals surface area contributed by atoms with Crippen LogP contribution in [0.3, 0.4) is 0 Å². The maximum atomic E-state index is 12.8. The van der Waals surface area contributed by atoms with Gasteiger partial charge in [-0.25, -0.2) is 0 Å². The zero-order valence-electron chi connectivity index (χ0n) is 17.3. The molecule has 1 heterocycles. The van der Waals surface area contributed by atoms with Crippen molar-refractivity contribution >= 4 is 29.2 Å². The minimum atomic E-state index is -0.706. The van der Waals surface area contributed by atoms with Crippen LogP contribution < -0.4 is 5.32 Å². The van der Waals surface area contributed by atoms with E-state index < -0.39 is 5.41 Å². The maximum absolute atomic E-state index is 12.8. The molecule has 0 spiro atoms. The van der Waals surface area contributed by atoms with Gasteiger partial charge in [0.15, 0.2) is 0 Å². The largest absolute Gasteiger partial charge is 0.333 e. The highest BCUT2D eigenvalue weighted by molar-refractivity contribution is 6.19. The Morgan fingerprint density at radius 3 is 2.27 bits per heavy atom. The second kappa shape index (κ2) is 8.42. The molecule has 1 aromatic rings. The molecule has 0 aliphatic heterocycles. The molecule has 1 N–H and O–H groups in total. The molecule has 1 rings (SSSR count). The summed E-state index contributed by atoms with van der Waals surface area (Å²) >= 11 is 5.94. The molecule has 148 valence electrons. The molecule has 26 heavy (non-hydrogen) atoms. The van der Waals surface area contributed by atoms with Gasteiger partial charge in [-0.2, -0.15) is 5.10 Å². The van der Waals surface area contributed by atoms with Gasteiger partial charge in [0.2, 0.25) is 11.8 Å². The van der Waals surface area contributed by atoms with Gasteiger partial charge in [0, 0.05) is 31.0 Å². The number of nitrogens with zero attached hydrogens (tertiary/aromatic N) is 3. The number of amides is 2. The van der Waals surface area contributed by atoms with Crippen molar-refractivity contribution in [1.82, 2.24) is 14.7 Å². The van der Waals surface area contributed by atoms with Gasteiger partial charge in [-0.15, -0.1) is 11.6 Å². The first kappa shape index (κ1) is 22.5. The molecule has 0 fully saturated rings. The van der Waals surface area contributed by atoms with Crippen LogP contribution in [0.4, 0.5) is 5.82 Å². The van der Waals surface area contributed by atoms with Gasteiger partial charge < -0.3 is 10.2 Å². The Labute approximate surface area is 162 Å². The van der Waals surface area contributed by atoms with Gasteiger partial charge in [0.1, 0.15) is 5.82 Å². The Morgan fingerprint density at radius 1 is 1.27 bits per heavy atom. The lowest BCUT2D eigenvalue weighted by atomic mass is 9.92. The zero-order chi connectivity index (χ0) is 20.3. The lowest BCUT2D eigenvalue weighted by molar-refractivity contribution is -0.142. The zero-order valence-corrected chi connectivity index (χ0v) is 18.1. The first-order valence-corrected chi connectivity index (χ1v) is 9.51. The second-order valence-corrected chi connectivity index (χ2v) is 9.20. The average Bonchev–Trinajstić information content (AvgIpc) is 2.86. The number of alkyl halides is 1. The Bertz CT molecular complexity index is 644. The summed E-state index contributed by atoms with van der Waals surface area (Å²) in [6.45, 7) is 14.3. The normalized spacial score (nSPS) is 12.4. The third-order valence-electron chi connectivity index (χ3n) is 4.04. The summed E-state index contributed by atoms with van der Waals surface area (Å²) in [5.41, 5.74) is 0.0848. The van der Waals surface area contributed by atoms with Crippen molar-refractivity contribution in [2.75, 3.05) is 24.3 Å². The van der Waals surface area contributed by atoms with E-state index in [-0.39, 0.29) is 35.6 Å². The van der Waals surface area contributed by atoms with E-state index in [4.69, 9.17) is 11.6 Å². The molecule has 0 bridgehead atoms. The van der Waals surface area contributed by atoms with Crippen molar-refractivity contribution in [2.24, 2.45) is 18.4 Å². The highest BCUT2D eigenvalue weighted by atomic mass is 35.5. The standard InChI is InChI=1S/C19H33ClN4O2/c1-13(2)10-24(17(26)19(6,7)12-20)11-16(25)21-15-9-14(18(3,4)5)22-23(15)8/h9,13H,10-12H2,1-8H3,(H,21,25). The predicted molar refractivity (Wildman–Crippen MR) is 106 cm³/mol. The van der Waals surface area contributed by atoms with Crippen molar-refractivity contribution in [1.29, 1.82) is 0 Å². The molecule has 0 unspecified atom stereocenters. The number of nitrogens with one attached hydrogen (secondary N) is 1. The van der Waals surface area contributed by atoms with E-state index in [9.17, 15) is 9.59 Å². The fourth-order valence-corrected chi connectivity index (χ4v) is 2.57. The van der Waals surface area contributed by atoms with Gasteiger partial charge in [0.25, 0.3) is 0 Å². The molecule has 6 nitrogen and oxygen atoms in total. The topological polar surface area (TPSA) is 67.2 Å². The fraction of sp³-hybridized carbons (Fsp3) is 0.737. The van der Waals surface area contributed by atoms with Gasteiger partial charge >= 0.3 is 0 Å². The summed E-state index contributed by atoms with van der Waals surface area (Å²) in [5.74, 6) is 0.721. The minimum Gasteiger partial charge on any atom is -0.333 e. The second-order valence-electron chi connectivity index (χ2n) is 8.93. The van der Waals surface area contributed by atoms with E-state index >= 15 is 0 Å². The minimum absolute atomic E-state index is 0.00658. The highest BCUT2D eigenvalue weighted by Gasteiger charge is 2.32. The van der Waals surface area contributed by atoms with Crippen LogP contribution in [0.5, 0.6) is 0 Å². The maximum Gasteiger partial charge on any atom is 0.245 e. The molecular weight excluding hydrogens is 352 g/mol. The lowest BCUT2D eigenvalue weighted by Gasteiger charge is -2.31. The van der Waals surface area contributed by atoms with Crippen LogP contribution in [0, 0.1) is 11.3 Å². The number of hydrogen-bond donors (Lipinski definition) is 1. The molecular formula is C19H33ClN4O2. The van der Waals surface area contributed by atoms with Crippen LogP contribution in [0.25, 0.3) is 0 Å². The molecule has 0 saturated heterocycles. The highest BCUT2D eigenvalue weighted by Crippen LogP contribution is 2.24. The third-order valence-corrected chi connectivity index (χ3v) is 4.70. The van der Waals surface area contributed by atoms with Gasteiger partial charge in [-0.1, -0.05) is 34.6 Å². The van der Waals surface area contributed by atoms with Crippen LogP contribution in [-0.2, 0) is 22.1 Å². The summed E-state index contributed by atoms with van der Waals surface area (Å²) in [5, 5.41) is 7.32. The number of carbonyl (C=O) groups is 2. The smallest absolute Gasteiger partial charge is 0.245 e. The molecule has 0 saturated carbocycles. The van der Waals surface area contributed by atoms with Gasteiger partial charge in [-0.05, 0) is 19.8 Å². The number of aromatic nitrogens is 2. The van der Waals surface area contributed by atoms with Crippen molar-refractivity contribution in [3.63, 3.8) is 0 Å². The van der Waals surface area contributed by atoms with E-state index in [0.717, 1.165) is 5.69 Å². The first-order valence-electron chi connectivity index (χ1n) is 8.97. The van der Waals surface area contributed by atoms with E-state index in [1.54, 1.807) is 30.5 Å². The predicted octanol–water partition coefficient (Wildman–Crippen LogP) is 3.41. The summed E-state index contributed by atoms with van der Waals surface area (Å²) in [7, 11) is 1.79. The number of rotatable bonds is 7. The Morgan fingerprint density at radius 2 is 1.85 bits per heavy atom. The Hall–Kier alpha value is -1.56. The molecule has 7 heteroatoms. The average molecular weight is 385 g/mol. The van der Waals surface area contributed by atoms with Gasteiger partial charge in [-0.3, -0.25) is 14.3 Å². The van der Waals surface area contributed by atoms with Crippen molar-refractivity contribution < 1.29 is 9.59 Å². The van der Waals surface area contributed by atoms with E-state index in [1.165, 1.54) is 0 Å². The molecule has 0 aromatic carbocycles. The molecule has 0 atom stereocenters. The number of anilines is 1. The summed E-state index contributed by atoms with van der Waals surface area (Å²) < 4.78 is 1.65. The number of carbonyl (C=O) groups excluding carboxylic acids is 2. The SMILES string of the molecule is CC(C)CN(CC(=O)Nc1cc(C(C)(C)C)nn1C)C(=O)C(C)(C)CCl. The van der Waals surface area contributed by atoms with Crippen LogP contribution in [-0.4, -0.2) is 45.5 Å².